The number of amides is 1. The fourth-order valence-electron chi connectivity index (χ4n) is 0.849. The monoisotopic (exact) mass is 199 g/mol. The van der Waals surface area contributed by atoms with Gasteiger partial charge in [-0.05, 0) is 13.3 Å². The summed E-state index contributed by atoms with van der Waals surface area (Å²) in [5.41, 5.74) is 8.05. The van der Waals surface area contributed by atoms with Crippen LogP contribution in [0.5, 0.6) is 0 Å². The first-order valence-corrected chi connectivity index (χ1v) is 5.02. The third-order valence-electron chi connectivity index (χ3n) is 1.63. The first kappa shape index (κ1) is 10.1. The molecular formula is C8H13N3OS. The number of rotatable bonds is 3. The number of nitrogens with zero attached hydrogens (tertiary/aromatic N) is 1. The van der Waals surface area contributed by atoms with E-state index in [0.29, 0.717) is 0 Å². The zero-order chi connectivity index (χ0) is 9.84. The van der Waals surface area contributed by atoms with E-state index in [1.807, 2.05) is 6.92 Å². The summed E-state index contributed by atoms with van der Waals surface area (Å²) in [5, 5.41) is 3.54. The van der Waals surface area contributed by atoms with Crippen molar-refractivity contribution in [1.29, 1.82) is 0 Å². The number of carbonyl (C=O) groups excluding carboxylic acids is 1. The fourth-order valence-corrected chi connectivity index (χ4v) is 1.63. The fraction of sp³-hybridized carbons (Fsp3) is 0.500. The van der Waals surface area contributed by atoms with E-state index in [-0.39, 0.29) is 5.91 Å². The van der Waals surface area contributed by atoms with E-state index in [4.69, 9.17) is 5.73 Å². The van der Waals surface area contributed by atoms with Crippen LogP contribution in [0.1, 0.15) is 19.5 Å². The van der Waals surface area contributed by atoms with Gasteiger partial charge in [0.05, 0.1) is 17.2 Å². The third kappa shape index (κ3) is 2.50. The van der Waals surface area contributed by atoms with Gasteiger partial charge in [-0.2, -0.15) is 0 Å². The lowest BCUT2D eigenvalue weighted by Crippen LogP contribution is -2.32. The minimum absolute atomic E-state index is 0.168. The van der Waals surface area contributed by atoms with Crippen molar-refractivity contribution in [3.05, 3.63) is 11.2 Å². The van der Waals surface area contributed by atoms with Gasteiger partial charge in [0.1, 0.15) is 5.00 Å². The molecule has 0 spiro atoms. The van der Waals surface area contributed by atoms with Crippen molar-refractivity contribution >= 4 is 22.2 Å². The molecule has 0 bridgehead atoms. The quantitative estimate of drug-likeness (QED) is 0.762. The molecule has 0 saturated heterocycles. The van der Waals surface area contributed by atoms with Crippen molar-refractivity contribution in [3.8, 4) is 0 Å². The van der Waals surface area contributed by atoms with Gasteiger partial charge in [-0.15, -0.1) is 11.3 Å². The van der Waals surface area contributed by atoms with Gasteiger partial charge >= 0.3 is 0 Å². The van der Waals surface area contributed by atoms with Crippen LogP contribution in [0, 0.1) is 0 Å². The largest absolute Gasteiger partial charge is 0.320 e. The molecule has 0 saturated carbocycles. The van der Waals surface area contributed by atoms with Crippen molar-refractivity contribution in [2.75, 3.05) is 5.32 Å². The van der Waals surface area contributed by atoms with Crippen molar-refractivity contribution in [2.24, 2.45) is 5.73 Å². The molecule has 4 nitrogen and oxygen atoms in total. The molecule has 0 fully saturated rings. The number of aryl methyl sites for hydroxylation is 1. The Morgan fingerprint density at radius 1 is 1.85 bits per heavy atom. The average molecular weight is 199 g/mol. The summed E-state index contributed by atoms with van der Waals surface area (Å²) in [6, 6.07) is -0.480. The Bertz CT molecular complexity index is 295. The number of nitrogens with two attached hydrogens (primary N) is 1. The molecule has 0 radical (unpaired) electrons. The highest BCUT2D eigenvalue weighted by Gasteiger charge is 2.11. The first-order chi connectivity index (χ1) is 6.15. The molecule has 13 heavy (non-hydrogen) atoms. The molecule has 1 atom stereocenters. The number of aromatic nitrogens is 1. The van der Waals surface area contributed by atoms with Crippen LogP contribution in [-0.4, -0.2) is 16.9 Å². The van der Waals surface area contributed by atoms with Crippen LogP contribution in [0.15, 0.2) is 5.51 Å². The molecule has 0 aliphatic heterocycles. The van der Waals surface area contributed by atoms with E-state index in [0.717, 1.165) is 17.1 Å². The normalized spacial score (nSPS) is 12.5. The maximum atomic E-state index is 11.2. The van der Waals surface area contributed by atoms with Crippen LogP contribution < -0.4 is 11.1 Å². The maximum Gasteiger partial charge on any atom is 0.241 e. The Hall–Kier alpha value is -0.940. The lowest BCUT2D eigenvalue weighted by molar-refractivity contribution is -0.117. The first-order valence-electron chi connectivity index (χ1n) is 4.14. The summed E-state index contributed by atoms with van der Waals surface area (Å²) in [5.74, 6) is -0.168. The lowest BCUT2D eigenvalue weighted by atomic mass is 10.3. The minimum Gasteiger partial charge on any atom is -0.320 e. The molecule has 1 aromatic rings. The second kappa shape index (κ2) is 4.34. The molecule has 0 aliphatic rings. The predicted molar refractivity (Wildman–Crippen MR) is 53.8 cm³/mol. The number of hydrogen-bond acceptors (Lipinski definition) is 4. The molecule has 1 amide bonds. The maximum absolute atomic E-state index is 11.2. The summed E-state index contributed by atoms with van der Waals surface area (Å²) >= 11 is 1.42. The lowest BCUT2D eigenvalue weighted by Gasteiger charge is -2.05. The van der Waals surface area contributed by atoms with E-state index < -0.39 is 6.04 Å². The van der Waals surface area contributed by atoms with Crippen LogP contribution in [0.25, 0.3) is 0 Å². The van der Waals surface area contributed by atoms with Gasteiger partial charge in [0.2, 0.25) is 5.91 Å². The Balaban J connectivity index is 2.68. The molecule has 3 N–H and O–H groups in total. The van der Waals surface area contributed by atoms with Gasteiger partial charge in [-0.25, -0.2) is 4.98 Å². The molecule has 0 aromatic carbocycles. The van der Waals surface area contributed by atoms with Crippen molar-refractivity contribution in [3.63, 3.8) is 0 Å². The summed E-state index contributed by atoms with van der Waals surface area (Å²) in [6.45, 7) is 3.65. The van der Waals surface area contributed by atoms with Crippen molar-refractivity contribution in [2.45, 2.75) is 26.3 Å². The average Bonchev–Trinajstić information content (AvgIpc) is 2.51. The topological polar surface area (TPSA) is 68.0 Å². The van der Waals surface area contributed by atoms with Crippen LogP contribution in [-0.2, 0) is 11.2 Å². The van der Waals surface area contributed by atoms with Gasteiger partial charge in [0, 0.05) is 0 Å². The zero-order valence-corrected chi connectivity index (χ0v) is 8.52. The highest BCUT2D eigenvalue weighted by molar-refractivity contribution is 7.14. The highest BCUT2D eigenvalue weighted by atomic mass is 32.1. The molecule has 1 rings (SSSR count). The number of nitrogens with one attached hydrogen (secondary N) is 1. The van der Waals surface area contributed by atoms with Crippen molar-refractivity contribution in [1.82, 2.24) is 4.98 Å². The van der Waals surface area contributed by atoms with Gasteiger partial charge in [-0.3, -0.25) is 4.79 Å². The number of carbonyl (C=O) groups is 1. The summed E-state index contributed by atoms with van der Waals surface area (Å²) in [6.07, 6.45) is 0.818. The molecule has 0 aliphatic carbocycles. The van der Waals surface area contributed by atoms with Crippen LogP contribution >= 0.6 is 11.3 Å². The summed E-state index contributed by atoms with van der Waals surface area (Å²) in [4.78, 5) is 15.3. The standard InChI is InChI=1S/C8H13N3OS/c1-3-6-8(13-4-10-6)11-7(12)5(2)9/h4-5H,3,9H2,1-2H3,(H,11,12)/t5-/m1/s1. The SMILES string of the molecule is CCc1ncsc1NC(=O)[C@@H](C)N. The summed E-state index contributed by atoms with van der Waals surface area (Å²) in [7, 11) is 0. The van der Waals surface area contributed by atoms with E-state index in [2.05, 4.69) is 10.3 Å². The molecular weight excluding hydrogens is 186 g/mol. The number of hydrogen-bond donors (Lipinski definition) is 2. The Kier molecular flexibility index (Phi) is 3.39. The Labute approximate surface area is 81.2 Å². The van der Waals surface area contributed by atoms with Crippen molar-refractivity contribution < 1.29 is 4.79 Å². The highest BCUT2D eigenvalue weighted by Crippen LogP contribution is 2.20. The van der Waals surface area contributed by atoms with Gasteiger partial charge in [0.15, 0.2) is 0 Å². The molecule has 72 valence electrons. The van der Waals surface area contributed by atoms with Gasteiger partial charge in [0.25, 0.3) is 0 Å². The minimum atomic E-state index is -0.480. The summed E-state index contributed by atoms with van der Waals surface area (Å²) < 4.78 is 0. The number of anilines is 1. The van der Waals surface area contributed by atoms with Crippen LogP contribution in [0.2, 0.25) is 0 Å². The third-order valence-corrected chi connectivity index (χ3v) is 2.41. The predicted octanol–water partition coefficient (Wildman–Crippen LogP) is 0.991. The van der Waals surface area contributed by atoms with Gasteiger partial charge < -0.3 is 11.1 Å². The van der Waals surface area contributed by atoms with E-state index in [9.17, 15) is 4.79 Å². The zero-order valence-electron chi connectivity index (χ0n) is 7.70. The smallest absolute Gasteiger partial charge is 0.241 e. The van der Waals surface area contributed by atoms with Crippen LogP contribution in [0.4, 0.5) is 5.00 Å². The molecule has 1 heterocycles. The van der Waals surface area contributed by atoms with Crippen LogP contribution in [0.3, 0.4) is 0 Å². The number of thiazole rings is 1. The molecule has 1 aromatic heterocycles. The Morgan fingerprint density at radius 3 is 3.08 bits per heavy atom. The van der Waals surface area contributed by atoms with Gasteiger partial charge in [-0.1, -0.05) is 6.92 Å². The van der Waals surface area contributed by atoms with E-state index >= 15 is 0 Å². The van der Waals surface area contributed by atoms with E-state index in [1.54, 1.807) is 12.4 Å². The molecule has 0 unspecified atom stereocenters. The Morgan fingerprint density at radius 2 is 2.54 bits per heavy atom. The molecule has 5 heteroatoms. The second-order valence-electron chi connectivity index (χ2n) is 2.76. The van der Waals surface area contributed by atoms with E-state index in [1.165, 1.54) is 11.3 Å². The second-order valence-corrected chi connectivity index (χ2v) is 3.61.